The second-order valence-electron chi connectivity index (χ2n) is 16.8. The summed E-state index contributed by atoms with van der Waals surface area (Å²) in [6, 6.07) is 5.42. The predicted octanol–water partition coefficient (Wildman–Crippen LogP) is 5.48. The third kappa shape index (κ3) is 8.10. The fourth-order valence-corrected chi connectivity index (χ4v) is 11.1. The quantitative estimate of drug-likeness (QED) is 0.307. The number of nitrogens with one attached hydrogen (secondary N) is 3. The molecule has 1 aromatic heterocycles. The van der Waals surface area contributed by atoms with Crippen LogP contribution in [0.5, 0.6) is 5.75 Å². The molecule has 0 spiro atoms. The van der Waals surface area contributed by atoms with E-state index in [1.807, 2.05) is 18.2 Å². The summed E-state index contributed by atoms with van der Waals surface area (Å²) in [5, 5.41) is 6.55. The molecule has 2 bridgehead atoms. The Kier molecular flexibility index (Phi) is 11.0. The van der Waals surface area contributed by atoms with Crippen molar-refractivity contribution in [1.29, 1.82) is 0 Å². The number of fused-ring (bicyclic) bond motifs is 5. The van der Waals surface area contributed by atoms with E-state index < -0.39 is 68.7 Å². The predicted molar refractivity (Wildman–Crippen MR) is 209 cm³/mol. The van der Waals surface area contributed by atoms with Gasteiger partial charge in [-0.3, -0.25) is 19.1 Å². The Hall–Kier alpha value is -3.91. The number of hydrogen-bond acceptors (Lipinski definition) is 9. The largest absolute Gasteiger partial charge is 0.487 e. The van der Waals surface area contributed by atoms with E-state index in [0.29, 0.717) is 30.0 Å². The van der Waals surface area contributed by atoms with Gasteiger partial charge in [-0.1, -0.05) is 43.4 Å². The summed E-state index contributed by atoms with van der Waals surface area (Å²) < 4.78 is 40.5. The minimum absolute atomic E-state index is 0.0364. The van der Waals surface area contributed by atoms with Crippen LogP contribution in [0.4, 0.5) is 4.79 Å². The number of aryl methyl sites for hydroxylation is 1. The zero-order valence-electron chi connectivity index (χ0n) is 31.7. The molecule has 2 aliphatic heterocycles. The van der Waals surface area contributed by atoms with Crippen molar-refractivity contribution in [2.45, 2.75) is 138 Å². The fourth-order valence-electron chi connectivity index (χ4n) is 9.54. The van der Waals surface area contributed by atoms with Gasteiger partial charge in [0.15, 0.2) is 0 Å². The number of aromatic nitrogens is 1. The van der Waals surface area contributed by atoms with Crippen molar-refractivity contribution in [3.63, 3.8) is 0 Å². The zero-order valence-corrected chi connectivity index (χ0v) is 33.3. The summed E-state index contributed by atoms with van der Waals surface area (Å²) in [7, 11) is -3.89. The lowest BCUT2D eigenvalue weighted by Gasteiger charge is -2.32. The molecular weight excluding hydrogens is 758 g/mol. The molecule has 0 radical (unpaired) electrons. The van der Waals surface area contributed by atoms with E-state index in [0.717, 1.165) is 87.2 Å². The van der Waals surface area contributed by atoms with Crippen molar-refractivity contribution in [2.24, 2.45) is 17.8 Å². The number of hydrogen-bond donors (Lipinski definition) is 3. The van der Waals surface area contributed by atoms with E-state index in [-0.39, 0.29) is 37.3 Å². The van der Waals surface area contributed by atoms with Crippen molar-refractivity contribution in [2.75, 3.05) is 6.54 Å². The molecule has 5 fully saturated rings. The molecule has 13 nitrogen and oxygen atoms in total. The first-order chi connectivity index (χ1) is 26.9. The Morgan fingerprint density at radius 2 is 1.71 bits per heavy atom. The van der Waals surface area contributed by atoms with Crippen LogP contribution in [-0.2, 0) is 35.6 Å². The van der Waals surface area contributed by atoms with Gasteiger partial charge in [0.05, 0.1) is 23.0 Å². The number of carbonyl (C=O) groups is 4. The van der Waals surface area contributed by atoms with E-state index >= 15 is 0 Å². The number of ether oxygens (including phenoxy) is 2. The highest BCUT2D eigenvalue weighted by atomic mass is 35.5. The van der Waals surface area contributed by atoms with Crippen molar-refractivity contribution >= 4 is 56.3 Å². The Morgan fingerprint density at radius 3 is 2.46 bits per heavy atom. The second kappa shape index (κ2) is 15.8. The summed E-state index contributed by atoms with van der Waals surface area (Å²) in [5.41, 5.74) is 0.0401. The first kappa shape index (κ1) is 38.9. The van der Waals surface area contributed by atoms with E-state index in [2.05, 4.69) is 21.9 Å². The van der Waals surface area contributed by atoms with Gasteiger partial charge < -0.3 is 25.0 Å². The monoisotopic (exact) mass is 809 g/mol. The van der Waals surface area contributed by atoms with Gasteiger partial charge in [-0.05, 0) is 107 Å². The van der Waals surface area contributed by atoms with Crippen LogP contribution in [0.3, 0.4) is 0 Å². The van der Waals surface area contributed by atoms with Gasteiger partial charge in [0.25, 0.3) is 5.91 Å². The number of nitrogens with zero attached hydrogens (tertiary/aromatic N) is 2. The maximum absolute atomic E-state index is 14.9. The first-order valence-corrected chi connectivity index (χ1v) is 22.4. The first-order valence-electron chi connectivity index (χ1n) is 20.5. The van der Waals surface area contributed by atoms with Gasteiger partial charge in [0, 0.05) is 22.7 Å². The highest BCUT2D eigenvalue weighted by Crippen LogP contribution is 2.46. The van der Waals surface area contributed by atoms with Crippen LogP contribution in [0.1, 0.15) is 102 Å². The molecule has 1 aromatic carbocycles. The number of carbonyl (C=O) groups excluding carboxylic acids is 4. The summed E-state index contributed by atoms with van der Waals surface area (Å²) in [6.07, 6.45) is 11.7. The molecule has 6 aliphatic rings. The average Bonchev–Trinajstić information content (AvgIpc) is 3.96. The molecule has 0 unspecified atom stereocenters. The van der Waals surface area contributed by atoms with Crippen molar-refractivity contribution in [3.05, 3.63) is 47.6 Å². The lowest BCUT2D eigenvalue weighted by atomic mass is 9.96. The summed E-state index contributed by atoms with van der Waals surface area (Å²) in [4.78, 5) is 63.0. The summed E-state index contributed by atoms with van der Waals surface area (Å²) in [5.74, 6) is -1.68. The molecule has 7 atom stereocenters. The fraction of sp³-hybridized carbons (Fsp3) is 0.634. The van der Waals surface area contributed by atoms with Crippen molar-refractivity contribution < 1.29 is 37.1 Å². The zero-order chi connectivity index (χ0) is 39.2. The molecule has 15 heteroatoms. The molecule has 1 saturated heterocycles. The van der Waals surface area contributed by atoms with Crippen LogP contribution in [0.25, 0.3) is 10.9 Å². The number of alkyl carbamates (subject to hydrolysis) is 1. The van der Waals surface area contributed by atoms with Crippen LogP contribution in [0.15, 0.2) is 36.9 Å². The van der Waals surface area contributed by atoms with Gasteiger partial charge >= 0.3 is 6.09 Å². The van der Waals surface area contributed by atoms with Crippen molar-refractivity contribution in [1.82, 2.24) is 25.2 Å². The lowest BCUT2D eigenvalue weighted by molar-refractivity contribution is -0.142. The van der Waals surface area contributed by atoms with Gasteiger partial charge in [0.1, 0.15) is 35.6 Å². The standard InChI is InChI=1S/C41H52ClN5O8S/c1-2-27-22-41(27,39(50)46-56(52,53)30-16-17-30)45-37(48)33-21-29-23-47(33)38(49)36(25-10-6-7-11-25)44-40(51)55-34-14-8-12-24(34)9-4-3-5-13-32-35(54-29)20-26-19-28(42)15-18-31(26)43-32/h2,15,18-20,24-25,27,29-30,33-34,36H,1,3-14,16-17,21-23H2,(H,44,51)(H,45,48)(H,46,50)/t24-,27-,29-,33+,34-,36+,41-/m1/s1. The maximum Gasteiger partial charge on any atom is 0.408 e. The Balaban J connectivity index is 1.12. The number of rotatable bonds is 7. The lowest BCUT2D eigenvalue weighted by Crippen LogP contribution is -2.59. The van der Waals surface area contributed by atoms with Crippen LogP contribution in [0.2, 0.25) is 5.02 Å². The molecule has 4 saturated carbocycles. The maximum atomic E-state index is 14.9. The van der Waals surface area contributed by atoms with Gasteiger partial charge in [-0.15, -0.1) is 6.58 Å². The highest BCUT2D eigenvalue weighted by molar-refractivity contribution is 7.91. The molecule has 3 N–H and O–H groups in total. The minimum atomic E-state index is -3.89. The Bertz CT molecular complexity index is 2000. The van der Waals surface area contributed by atoms with E-state index in [4.69, 9.17) is 26.1 Å². The van der Waals surface area contributed by atoms with E-state index in [1.54, 1.807) is 6.07 Å². The van der Waals surface area contributed by atoms with Crippen LogP contribution in [0, 0.1) is 17.8 Å². The molecule has 4 aliphatic carbocycles. The topological polar surface area (TPSA) is 173 Å². The molecule has 8 rings (SSSR count). The Labute approximate surface area is 333 Å². The third-order valence-corrected chi connectivity index (χ3v) is 15.0. The van der Waals surface area contributed by atoms with Gasteiger partial charge in [0.2, 0.25) is 21.8 Å². The number of benzene rings is 1. The number of pyridine rings is 1. The van der Waals surface area contributed by atoms with Crippen LogP contribution < -0.4 is 20.1 Å². The molecule has 4 amide bonds. The SMILES string of the molecule is C=C[C@@H]1C[C@]1(NC(=O)[C@@H]1C[C@@H]2CN1C(=O)[C@H](C1CCCC1)NC(=O)O[C@@H]1CCC[C@H]1CCCCCc1nc3ccc(Cl)cc3cc1O2)C(=O)NS(=O)(=O)C1CC1. The molecular formula is C41H52ClN5O8S. The number of amides is 4. The number of halogens is 1. The molecule has 56 heavy (non-hydrogen) atoms. The van der Waals surface area contributed by atoms with E-state index in [9.17, 15) is 27.6 Å². The Morgan fingerprint density at radius 1 is 0.964 bits per heavy atom. The summed E-state index contributed by atoms with van der Waals surface area (Å²) >= 11 is 6.37. The van der Waals surface area contributed by atoms with E-state index in [1.165, 1.54) is 11.0 Å². The second-order valence-corrected chi connectivity index (χ2v) is 19.2. The van der Waals surface area contributed by atoms with Crippen LogP contribution in [-0.4, -0.2) is 83.7 Å². The molecule has 302 valence electrons. The molecule has 3 heterocycles. The molecule has 2 aromatic rings. The average molecular weight is 810 g/mol. The number of sulfonamides is 1. The minimum Gasteiger partial charge on any atom is -0.487 e. The highest BCUT2D eigenvalue weighted by Gasteiger charge is 2.62. The summed E-state index contributed by atoms with van der Waals surface area (Å²) in [6.45, 7) is 3.85. The smallest absolute Gasteiger partial charge is 0.408 e. The van der Waals surface area contributed by atoms with Gasteiger partial charge in [-0.25, -0.2) is 18.2 Å². The van der Waals surface area contributed by atoms with Gasteiger partial charge in [-0.2, -0.15) is 0 Å². The van der Waals surface area contributed by atoms with Crippen LogP contribution >= 0.6 is 11.6 Å². The van der Waals surface area contributed by atoms with Crippen molar-refractivity contribution in [3.8, 4) is 5.75 Å². The third-order valence-electron chi connectivity index (χ3n) is 13.0. The normalized spacial score (nSPS) is 31.6.